The molecule has 20 heavy (non-hydrogen) atoms. The van der Waals surface area contributed by atoms with Crippen molar-refractivity contribution in [3.63, 3.8) is 0 Å². The third-order valence-corrected chi connectivity index (χ3v) is 2.94. The van der Waals surface area contributed by atoms with Crippen molar-refractivity contribution in [2.24, 2.45) is 11.8 Å². The predicted molar refractivity (Wildman–Crippen MR) is 74.4 cm³/mol. The summed E-state index contributed by atoms with van der Waals surface area (Å²) in [5, 5.41) is 14.0. The van der Waals surface area contributed by atoms with E-state index in [1.54, 1.807) is 13.8 Å². The van der Waals surface area contributed by atoms with Crippen molar-refractivity contribution in [1.82, 2.24) is 5.32 Å². The zero-order valence-corrected chi connectivity index (χ0v) is 11.9. The molecule has 7 heteroatoms. The number of carbonyl (C=O) groups is 2. The molecule has 0 bridgehead atoms. The highest BCUT2D eigenvalue weighted by molar-refractivity contribution is 6.30. The number of hydrogen-bond donors (Lipinski definition) is 3. The minimum atomic E-state index is -0.978. The molecule has 0 heterocycles. The second-order valence-electron chi connectivity index (χ2n) is 4.68. The summed E-state index contributed by atoms with van der Waals surface area (Å²) >= 11 is 5.65. The summed E-state index contributed by atoms with van der Waals surface area (Å²) < 4.78 is 13.1. The number of rotatable bonds is 5. The first-order valence-corrected chi connectivity index (χ1v) is 6.41. The Morgan fingerprint density at radius 2 is 2.00 bits per heavy atom. The molecule has 1 rings (SSSR count). The Morgan fingerprint density at radius 3 is 2.50 bits per heavy atom. The van der Waals surface area contributed by atoms with Crippen molar-refractivity contribution in [1.29, 1.82) is 0 Å². The Hall–Kier alpha value is -1.82. The third-order valence-electron chi connectivity index (χ3n) is 2.72. The van der Waals surface area contributed by atoms with Gasteiger partial charge in [0, 0.05) is 17.3 Å². The number of hydrogen-bond acceptors (Lipinski definition) is 2. The lowest BCUT2D eigenvalue weighted by atomic mass is 9.96. The molecule has 0 fully saturated rings. The van der Waals surface area contributed by atoms with E-state index in [1.165, 1.54) is 6.07 Å². The second kappa shape index (κ2) is 7.09. The summed E-state index contributed by atoms with van der Waals surface area (Å²) in [7, 11) is 0. The number of aliphatic carboxylic acids is 1. The van der Waals surface area contributed by atoms with E-state index in [-0.39, 0.29) is 23.2 Å². The highest BCUT2D eigenvalue weighted by atomic mass is 35.5. The first-order valence-electron chi connectivity index (χ1n) is 6.03. The first-order chi connectivity index (χ1) is 9.29. The number of carboxylic acid groups (broad SMARTS) is 1. The van der Waals surface area contributed by atoms with Crippen LogP contribution in [-0.4, -0.2) is 23.7 Å². The molecule has 0 aliphatic heterocycles. The number of anilines is 1. The second-order valence-corrected chi connectivity index (χ2v) is 5.12. The standard InChI is InChI=1S/C13H16ClFN2O3/c1-7(2)11(12(18)19)6-16-13(20)17-10-4-8(14)3-9(15)5-10/h3-5,7,11H,6H2,1-2H3,(H,18,19)(H2,16,17,20). The first kappa shape index (κ1) is 16.2. The van der Waals surface area contributed by atoms with Gasteiger partial charge in [0.1, 0.15) is 5.82 Å². The molecular formula is C13H16ClFN2O3. The van der Waals surface area contributed by atoms with Gasteiger partial charge in [-0.15, -0.1) is 0 Å². The van der Waals surface area contributed by atoms with Crippen molar-refractivity contribution in [3.8, 4) is 0 Å². The number of carbonyl (C=O) groups excluding carboxylic acids is 1. The zero-order chi connectivity index (χ0) is 15.3. The van der Waals surface area contributed by atoms with Crippen LogP contribution in [0.1, 0.15) is 13.8 Å². The largest absolute Gasteiger partial charge is 0.481 e. The van der Waals surface area contributed by atoms with E-state index in [4.69, 9.17) is 16.7 Å². The Labute approximate surface area is 121 Å². The summed E-state index contributed by atoms with van der Waals surface area (Å²) in [4.78, 5) is 22.6. The molecule has 0 aromatic heterocycles. The molecule has 1 atom stereocenters. The van der Waals surface area contributed by atoms with Gasteiger partial charge >= 0.3 is 12.0 Å². The van der Waals surface area contributed by atoms with Gasteiger partial charge in [0.15, 0.2) is 0 Å². The molecule has 2 amide bonds. The smallest absolute Gasteiger partial charge is 0.319 e. The lowest BCUT2D eigenvalue weighted by molar-refractivity contribution is -0.142. The van der Waals surface area contributed by atoms with Gasteiger partial charge in [-0.3, -0.25) is 4.79 Å². The highest BCUT2D eigenvalue weighted by Crippen LogP contribution is 2.18. The van der Waals surface area contributed by atoms with E-state index < -0.39 is 23.7 Å². The number of carboxylic acids is 1. The highest BCUT2D eigenvalue weighted by Gasteiger charge is 2.21. The maximum Gasteiger partial charge on any atom is 0.319 e. The lowest BCUT2D eigenvalue weighted by Gasteiger charge is -2.17. The number of halogens is 2. The average molecular weight is 303 g/mol. The van der Waals surface area contributed by atoms with E-state index >= 15 is 0 Å². The molecule has 5 nitrogen and oxygen atoms in total. The summed E-state index contributed by atoms with van der Waals surface area (Å²) in [5.74, 6) is -2.35. The molecule has 1 aromatic carbocycles. The zero-order valence-electron chi connectivity index (χ0n) is 11.1. The minimum Gasteiger partial charge on any atom is -0.481 e. The Kier molecular flexibility index (Phi) is 5.76. The van der Waals surface area contributed by atoms with Crippen LogP contribution in [0.3, 0.4) is 0 Å². The van der Waals surface area contributed by atoms with Crippen LogP contribution in [0.4, 0.5) is 14.9 Å². The number of nitrogens with one attached hydrogen (secondary N) is 2. The van der Waals surface area contributed by atoms with Crippen molar-refractivity contribution in [3.05, 3.63) is 29.0 Å². The third kappa shape index (κ3) is 5.05. The molecule has 0 aliphatic carbocycles. The van der Waals surface area contributed by atoms with Crippen LogP contribution >= 0.6 is 11.6 Å². The van der Waals surface area contributed by atoms with Crippen LogP contribution in [0.5, 0.6) is 0 Å². The Balaban J connectivity index is 2.57. The normalized spacial score (nSPS) is 12.1. The van der Waals surface area contributed by atoms with Gasteiger partial charge in [0.25, 0.3) is 0 Å². The van der Waals surface area contributed by atoms with Crippen LogP contribution in [0.2, 0.25) is 5.02 Å². The molecule has 0 saturated heterocycles. The molecule has 1 unspecified atom stereocenters. The van der Waals surface area contributed by atoms with Crippen molar-refractivity contribution in [2.45, 2.75) is 13.8 Å². The van der Waals surface area contributed by atoms with Crippen LogP contribution < -0.4 is 10.6 Å². The molecule has 0 aliphatic rings. The van der Waals surface area contributed by atoms with Crippen LogP contribution in [0.15, 0.2) is 18.2 Å². The van der Waals surface area contributed by atoms with E-state index in [0.717, 1.165) is 12.1 Å². The van der Waals surface area contributed by atoms with E-state index in [1.807, 2.05) is 0 Å². The SMILES string of the molecule is CC(C)C(CNC(=O)Nc1cc(F)cc(Cl)c1)C(=O)O. The van der Waals surface area contributed by atoms with Gasteiger partial charge < -0.3 is 15.7 Å². The molecule has 1 aromatic rings. The molecule has 110 valence electrons. The maximum absolute atomic E-state index is 13.1. The van der Waals surface area contributed by atoms with Gasteiger partial charge in [0.05, 0.1) is 5.92 Å². The van der Waals surface area contributed by atoms with E-state index in [0.29, 0.717) is 0 Å². The summed E-state index contributed by atoms with van der Waals surface area (Å²) in [6.45, 7) is 3.50. The quantitative estimate of drug-likeness (QED) is 0.782. The summed E-state index contributed by atoms with van der Waals surface area (Å²) in [6, 6.07) is 3.01. The average Bonchev–Trinajstić information content (AvgIpc) is 2.26. The molecule has 0 spiro atoms. The predicted octanol–water partition coefficient (Wildman–Crippen LogP) is 2.96. The molecule has 0 radical (unpaired) electrons. The fourth-order valence-electron chi connectivity index (χ4n) is 1.61. The molecule has 3 N–H and O–H groups in total. The minimum absolute atomic E-state index is 0.0120. The summed E-state index contributed by atoms with van der Waals surface area (Å²) in [5.41, 5.74) is 0.198. The van der Waals surface area contributed by atoms with Crippen molar-refractivity contribution in [2.75, 3.05) is 11.9 Å². The fraction of sp³-hybridized carbons (Fsp3) is 0.385. The van der Waals surface area contributed by atoms with E-state index in [9.17, 15) is 14.0 Å². The summed E-state index contributed by atoms with van der Waals surface area (Å²) in [6.07, 6.45) is 0. The van der Waals surface area contributed by atoms with Crippen molar-refractivity contribution < 1.29 is 19.1 Å². The number of benzene rings is 1. The van der Waals surface area contributed by atoms with Crippen LogP contribution in [-0.2, 0) is 4.79 Å². The van der Waals surface area contributed by atoms with Gasteiger partial charge in [-0.1, -0.05) is 25.4 Å². The van der Waals surface area contributed by atoms with Crippen LogP contribution in [0.25, 0.3) is 0 Å². The van der Waals surface area contributed by atoms with Gasteiger partial charge in [-0.05, 0) is 24.1 Å². The Morgan fingerprint density at radius 1 is 1.35 bits per heavy atom. The maximum atomic E-state index is 13.1. The lowest BCUT2D eigenvalue weighted by Crippen LogP contribution is -2.37. The fourth-order valence-corrected chi connectivity index (χ4v) is 1.83. The topological polar surface area (TPSA) is 78.4 Å². The number of amides is 2. The van der Waals surface area contributed by atoms with Gasteiger partial charge in [0.2, 0.25) is 0 Å². The van der Waals surface area contributed by atoms with Crippen LogP contribution in [0, 0.1) is 17.7 Å². The monoisotopic (exact) mass is 302 g/mol. The van der Waals surface area contributed by atoms with Gasteiger partial charge in [-0.25, -0.2) is 9.18 Å². The Bertz CT molecular complexity index is 488. The molecule has 0 saturated carbocycles. The van der Waals surface area contributed by atoms with E-state index in [2.05, 4.69) is 10.6 Å². The van der Waals surface area contributed by atoms with Gasteiger partial charge in [-0.2, -0.15) is 0 Å². The molecular weight excluding hydrogens is 287 g/mol. The van der Waals surface area contributed by atoms with Crippen molar-refractivity contribution >= 4 is 29.3 Å². The number of urea groups is 1.